The van der Waals surface area contributed by atoms with Gasteiger partial charge in [0.1, 0.15) is 0 Å². The van der Waals surface area contributed by atoms with Crippen LogP contribution in [0.3, 0.4) is 0 Å². The molecule has 0 aromatic heterocycles. The number of allylic oxidation sites excluding steroid dienone is 10. The molecule has 1 atom stereocenters. The third kappa shape index (κ3) is 17.7. The predicted octanol–water partition coefficient (Wildman–Crippen LogP) is 12.8. The van der Waals surface area contributed by atoms with Crippen LogP contribution in [0.4, 0.5) is 0 Å². The van der Waals surface area contributed by atoms with E-state index in [2.05, 4.69) is 85.9 Å². The van der Waals surface area contributed by atoms with Gasteiger partial charge < -0.3 is 0 Å². The van der Waals surface area contributed by atoms with Crippen LogP contribution in [0.25, 0.3) is 0 Å². The Morgan fingerprint density at radius 1 is 0.927 bits per heavy atom. The minimum atomic E-state index is -0.0959. The van der Waals surface area contributed by atoms with E-state index in [1.165, 1.54) is 62.5 Å². The average molecular weight is 561 g/mol. The van der Waals surface area contributed by atoms with Crippen molar-refractivity contribution in [2.24, 2.45) is 11.8 Å². The van der Waals surface area contributed by atoms with Crippen molar-refractivity contribution in [3.05, 3.63) is 107 Å². The van der Waals surface area contributed by atoms with Gasteiger partial charge in [-0.05, 0) is 62.8 Å². The summed E-state index contributed by atoms with van der Waals surface area (Å²) in [7, 11) is 0. The topological polar surface area (TPSA) is 17.1 Å². The van der Waals surface area contributed by atoms with E-state index >= 15 is 0 Å². The maximum absolute atomic E-state index is 12.3. The van der Waals surface area contributed by atoms with Gasteiger partial charge in [0.2, 0.25) is 0 Å². The van der Waals surface area contributed by atoms with Crippen LogP contribution in [-0.4, -0.2) is 5.78 Å². The first-order valence-corrected chi connectivity index (χ1v) is 16.1. The van der Waals surface area contributed by atoms with Crippen LogP contribution in [0.1, 0.15) is 125 Å². The molecule has 0 radical (unpaired) electrons. The monoisotopic (exact) mass is 560 g/mol. The Morgan fingerprint density at radius 2 is 1.44 bits per heavy atom. The molecule has 1 nitrogen and oxygen atoms in total. The Kier molecular flexibility index (Phi) is 24.7. The fourth-order valence-electron chi connectivity index (χ4n) is 4.75. The fraction of sp³-hybridized carbons (Fsp3) is 0.525. The number of aryl methyl sites for hydroxylation is 2. The van der Waals surface area contributed by atoms with E-state index in [9.17, 15) is 4.79 Å². The molecule has 2 rings (SSSR count). The van der Waals surface area contributed by atoms with Gasteiger partial charge in [-0.25, -0.2) is 0 Å². The first-order valence-electron chi connectivity index (χ1n) is 16.1. The lowest BCUT2D eigenvalue weighted by atomic mass is 9.94. The SMILES string of the molecule is C=C\C=C/C=C(C)/C(=C\C)C1=C(C)C(=C)C(C)C1=O.CCCC(C)CCC.CCCCCC.Cc1cccc(C)c1. The molecule has 0 spiro atoms. The lowest BCUT2D eigenvalue weighted by molar-refractivity contribution is -0.116. The zero-order valence-electron chi connectivity index (χ0n) is 28.8. The van der Waals surface area contributed by atoms with E-state index in [-0.39, 0.29) is 11.7 Å². The summed E-state index contributed by atoms with van der Waals surface area (Å²) in [6.07, 6.45) is 20.6. The minimum Gasteiger partial charge on any atom is -0.293 e. The molecule has 1 aromatic rings. The van der Waals surface area contributed by atoms with E-state index in [1.807, 2.05) is 52.0 Å². The van der Waals surface area contributed by atoms with E-state index in [1.54, 1.807) is 6.08 Å². The summed E-state index contributed by atoms with van der Waals surface area (Å²) in [4.78, 5) is 12.3. The number of unbranched alkanes of at least 4 members (excludes halogenated alkanes) is 3. The Hall–Kier alpha value is -2.67. The Labute approximate surface area is 256 Å². The predicted molar refractivity (Wildman–Crippen MR) is 188 cm³/mol. The molecule has 1 heteroatoms. The van der Waals surface area contributed by atoms with Crippen molar-refractivity contribution in [2.45, 2.75) is 128 Å². The van der Waals surface area contributed by atoms with Gasteiger partial charge in [-0.1, -0.05) is 172 Å². The maximum Gasteiger partial charge on any atom is 0.170 e. The highest BCUT2D eigenvalue weighted by atomic mass is 16.1. The van der Waals surface area contributed by atoms with Crippen molar-refractivity contribution in [2.75, 3.05) is 0 Å². The lowest BCUT2D eigenvalue weighted by Crippen LogP contribution is -2.09. The quantitative estimate of drug-likeness (QED) is 0.194. The number of rotatable bonds is 11. The number of hydrogen-bond acceptors (Lipinski definition) is 1. The van der Waals surface area contributed by atoms with Crippen molar-refractivity contribution in [3.63, 3.8) is 0 Å². The summed E-state index contributed by atoms with van der Waals surface area (Å²) in [6, 6.07) is 8.45. The first-order chi connectivity index (χ1) is 19.5. The lowest BCUT2D eigenvalue weighted by Gasteiger charge is -2.09. The molecule has 0 N–H and O–H groups in total. The molecular formula is C40H64O. The maximum atomic E-state index is 12.3. The highest BCUT2D eigenvalue weighted by Gasteiger charge is 2.32. The van der Waals surface area contributed by atoms with Crippen LogP contribution in [0.15, 0.2) is 95.7 Å². The molecule has 0 saturated heterocycles. The van der Waals surface area contributed by atoms with Crippen LogP contribution in [0.5, 0.6) is 0 Å². The number of carbonyl (C=O) groups is 1. The Bertz CT molecular complexity index is 984. The van der Waals surface area contributed by atoms with Gasteiger partial charge in [-0.15, -0.1) is 0 Å². The minimum absolute atomic E-state index is 0.0959. The van der Waals surface area contributed by atoms with Crippen molar-refractivity contribution in [3.8, 4) is 0 Å². The molecule has 0 heterocycles. The van der Waals surface area contributed by atoms with Gasteiger partial charge in [0.15, 0.2) is 5.78 Å². The molecule has 0 bridgehead atoms. The van der Waals surface area contributed by atoms with Gasteiger partial charge in [-0.2, -0.15) is 0 Å². The second kappa shape index (κ2) is 25.1. The Morgan fingerprint density at radius 3 is 1.76 bits per heavy atom. The van der Waals surface area contributed by atoms with E-state index in [4.69, 9.17) is 0 Å². The van der Waals surface area contributed by atoms with E-state index in [0.717, 1.165) is 33.8 Å². The van der Waals surface area contributed by atoms with Crippen molar-refractivity contribution in [1.82, 2.24) is 0 Å². The van der Waals surface area contributed by atoms with Crippen LogP contribution in [0, 0.1) is 25.7 Å². The highest BCUT2D eigenvalue weighted by molar-refractivity contribution is 6.08. The fourth-order valence-corrected chi connectivity index (χ4v) is 4.75. The van der Waals surface area contributed by atoms with E-state index < -0.39 is 0 Å². The first kappa shape index (κ1) is 40.5. The van der Waals surface area contributed by atoms with Gasteiger partial charge >= 0.3 is 0 Å². The molecule has 230 valence electrons. The largest absolute Gasteiger partial charge is 0.293 e. The standard InChI is InChI=1S/C18H22O.C8H10.C8H18.C6H14/c1-7-9-10-11-12(3)16(8-2)17-14(5)13(4)15(6)18(17)19;1-7-4-3-5-8(2)6-7;1-4-6-8(3)7-5-2;1-3-5-6-4-2/h7-11,15H,1,4H2,2-3,5-6H3;3-6H,1-2H3;8H,4-7H2,1-3H3;3-6H2,1-2H3/b10-9-,12-11+,16-8+;;;. The van der Waals surface area contributed by atoms with Crippen molar-refractivity contribution < 1.29 is 4.79 Å². The number of benzene rings is 1. The van der Waals surface area contributed by atoms with Gasteiger partial charge in [-0.3, -0.25) is 4.79 Å². The van der Waals surface area contributed by atoms with Crippen LogP contribution in [-0.2, 0) is 4.79 Å². The number of Topliss-reactive ketones (excluding diaryl/α,β-unsaturated/α-hetero) is 1. The summed E-state index contributed by atoms with van der Waals surface area (Å²) in [6.45, 7) is 31.1. The summed E-state index contributed by atoms with van der Waals surface area (Å²) in [5.74, 6) is 1.04. The second-order valence-corrected chi connectivity index (χ2v) is 11.3. The number of ketones is 1. The Balaban J connectivity index is 0. The second-order valence-electron chi connectivity index (χ2n) is 11.3. The third-order valence-corrected chi connectivity index (χ3v) is 7.29. The van der Waals surface area contributed by atoms with Crippen molar-refractivity contribution >= 4 is 5.78 Å². The average Bonchev–Trinajstić information content (AvgIpc) is 3.12. The number of hydrogen-bond donors (Lipinski definition) is 0. The molecule has 0 aliphatic heterocycles. The molecule has 0 saturated carbocycles. The molecule has 1 aliphatic rings. The van der Waals surface area contributed by atoms with Gasteiger partial charge in [0.25, 0.3) is 0 Å². The molecule has 1 unspecified atom stereocenters. The third-order valence-electron chi connectivity index (χ3n) is 7.29. The number of carbonyl (C=O) groups excluding carboxylic acids is 1. The van der Waals surface area contributed by atoms with Crippen LogP contribution >= 0.6 is 0 Å². The van der Waals surface area contributed by atoms with Crippen LogP contribution in [0.2, 0.25) is 0 Å². The molecule has 0 amide bonds. The normalized spacial score (nSPS) is 15.3. The smallest absolute Gasteiger partial charge is 0.170 e. The molecular weight excluding hydrogens is 496 g/mol. The summed E-state index contributed by atoms with van der Waals surface area (Å²) >= 11 is 0. The molecule has 1 aliphatic carbocycles. The summed E-state index contributed by atoms with van der Waals surface area (Å²) in [5, 5.41) is 0. The zero-order valence-corrected chi connectivity index (χ0v) is 28.8. The zero-order chi connectivity index (χ0) is 31.8. The molecule has 0 fully saturated rings. The van der Waals surface area contributed by atoms with Crippen LogP contribution < -0.4 is 0 Å². The highest BCUT2D eigenvalue weighted by Crippen LogP contribution is 2.38. The van der Waals surface area contributed by atoms with E-state index in [0.29, 0.717) is 0 Å². The van der Waals surface area contributed by atoms with Gasteiger partial charge in [0.05, 0.1) is 0 Å². The molecule has 41 heavy (non-hydrogen) atoms. The summed E-state index contributed by atoms with van der Waals surface area (Å²) in [5.41, 5.74) is 7.53. The summed E-state index contributed by atoms with van der Waals surface area (Å²) < 4.78 is 0. The van der Waals surface area contributed by atoms with Gasteiger partial charge in [0, 0.05) is 11.5 Å². The molecule has 1 aromatic carbocycles. The van der Waals surface area contributed by atoms with Crippen molar-refractivity contribution in [1.29, 1.82) is 0 Å².